The molecule has 0 fully saturated rings. The van der Waals surface area contributed by atoms with E-state index in [4.69, 9.17) is 5.73 Å². The van der Waals surface area contributed by atoms with Crippen LogP contribution in [0.25, 0.3) is 10.9 Å². The summed E-state index contributed by atoms with van der Waals surface area (Å²) < 4.78 is 1.16. The first-order valence-electron chi connectivity index (χ1n) is 5.06. The van der Waals surface area contributed by atoms with Crippen LogP contribution in [0, 0.1) is 3.57 Å². The highest BCUT2D eigenvalue weighted by atomic mass is 127. The number of hydrogen-bond acceptors (Lipinski definition) is 2. The Labute approximate surface area is 103 Å². The second kappa shape index (κ2) is 4.35. The zero-order valence-corrected chi connectivity index (χ0v) is 10.8. The van der Waals surface area contributed by atoms with Crippen LogP contribution in [0.1, 0.15) is 19.0 Å². The highest BCUT2D eigenvalue weighted by Gasteiger charge is 2.05. The van der Waals surface area contributed by atoms with E-state index in [9.17, 15) is 0 Å². The number of aromatic nitrogens is 1. The summed E-state index contributed by atoms with van der Waals surface area (Å²) in [5.74, 6) is 0. The number of fused-ring (bicyclic) bond motifs is 1. The molecule has 2 N–H and O–H groups in total. The van der Waals surface area contributed by atoms with E-state index in [1.165, 1.54) is 0 Å². The van der Waals surface area contributed by atoms with Crippen LogP contribution in [0.5, 0.6) is 0 Å². The second-order valence-corrected chi connectivity index (χ2v) is 4.75. The number of benzene rings is 1. The number of hydrogen-bond donors (Lipinski definition) is 1. The minimum Gasteiger partial charge on any atom is -0.398 e. The molecule has 2 rings (SSSR count). The molecule has 3 heteroatoms. The molecule has 0 bridgehead atoms. The summed E-state index contributed by atoms with van der Waals surface area (Å²) in [6.07, 6.45) is 2.09. The van der Waals surface area contributed by atoms with Crippen molar-refractivity contribution in [3.63, 3.8) is 0 Å². The smallest absolute Gasteiger partial charge is 0.0859 e. The van der Waals surface area contributed by atoms with E-state index in [1.54, 1.807) is 0 Å². The lowest BCUT2D eigenvalue weighted by Gasteiger charge is -2.06. The summed E-state index contributed by atoms with van der Waals surface area (Å²) in [4.78, 5) is 4.64. The van der Waals surface area contributed by atoms with Crippen molar-refractivity contribution < 1.29 is 0 Å². The van der Waals surface area contributed by atoms with Gasteiger partial charge < -0.3 is 5.73 Å². The topological polar surface area (TPSA) is 38.9 Å². The molecular weight excluding hydrogens is 299 g/mol. The van der Waals surface area contributed by atoms with Crippen LogP contribution in [0.3, 0.4) is 0 Å². The maximum Gasteiger partial charge on any atom is 0.0859 e. The number of nitrogens with two attached hydrogens (primary N) is 1. The van der Waals surface area contributed by atoms with E-state index in [-0.39, 0.29) is 0 Å². The van der Waals surface area contributed by atoms with Gasteiger partial charge in [0.2, 0.25) is 0 Å². The summed E-state index contributed by atoms with van der Waals surface area (Å²) in [7, 11) is 0. The molecule has 15 heavy (non-hydrogen) atoms. The molecule has 0 radical (unpaired) electrons. The van der Waals surface area contributed by atoms with Crippen molar-refractivity contribution in [3.05, 3.63) is 33.5 Å². The largest absolute Gasteiger partial charge is 0.398 e. The third-order valence-corrected chi connectivity index (χ3v) is 3.25. The molecule has 0 spiro atoms. The lowest BCUT2D eigenvalue weighted by molar-refractivity contribution is 0.890. The maximum atomic E-state index is 6.01. The first-order chi connectivity index (χ1) is 7.22. The second-order valence-electron chi connectivity index (χ2n) is 3.59. The molecule has 0 amide bonds. The monoisotopic (exact) mass is 312 g/mol. The zero-order valence-electron chi connectivity index (χ0n) is 8.63. The molecule has 0 unspecified atom stereocenters. The Hall–Kier alpha value is -0.840. The number of aryl methyl sites for hydroxylation is 1. The summed E-state index contributed by atoms with van der Waals surface area (Å²) in [5, 5.41) is 1.06. The lowest BCUT2D eigenvalue weighted by Crippen LogP contribution is -1.96. The highest BCUT2D eigenvalue weighted by Crippen LogP contribution is 2.24. The Morgan fingerprint density at radius 3 is 2.93 bits per heavy atom. The summed E-state index contributed by atoms with van der Waals surface area (Å²) >= 11 is 2.30. The number of para-hydroxylation sites is 1. The molecule has 0 saturated heterocycles. The molecule has 0 saturated carbocycles. The van der Waals surface area contributed by atoms with Gasteiger partial charge in [0, 0.05) is 20.3 Å². The summed E-state index contributed by atoms with van der Waals surface area (Å²) in [5.41, 5.74) is 8.97. The molecule has 78 valence electrons. The van der Waals surface area contributed by atoms with E-state index < -0.39 is 0 Å². The van der Waals surface area contributed by atoms with Gasteiger partial charge in [-0.3, -0.25) is 4.98 Å². The van der Waals surface area contributed by atoms with Crippen molar-refractivity contribution in [2.75, 3.05) is 5.73 Å². The molecule has 0 atom stereocenters. The standard InChI is InChI=1S/C12H13IN2/c1-2-4-8-7-11(14)9-5-3-6-10(13)12(9)15-8/h3,5-7H,2,4H2,1H3,(H2,14,15). The van der Waals surface area contributed by atoms with E-state index in [0.717, 1.165) is 38.7 Å². The molecule has 0 aliphatic carbocycles. The van der Waals surface area contributed by atoms with Crippen molar-refractivity contribution in [2.24, 2.45) is 0 Å². The van der Waals surface area contributed by atoms with Crippen LogP contribution in [-0.2, 0) is 6.42 Å². The third-order valence-electron chi connectivity index (χ3n) is 2.38. The number of rotatable bonds is 2. The van der Waals surface area contributed by atoms with E-state index in [1.807, 2.05) is 18.2 Å². The maximum absolute atomic E-state index is 6.01. The fraction of sp³-hybridized carbons (Fsp3) is 0.250. The molecule has 0 aliphatic rings. The van der Waals surface area contributed by atoms with Gasteiger partial charge in [0.05, 0.1) is 5.52 Å². The van der Waals surface area contributed by atoms with Gasteiger partial charge in [-0.05, 0) is 41.1 Å². The lowest BCUT2D eigenvalue weighted by atomic mass is 10.1. The number of halogens is 1. The van der Waals surface area contributed by atoms with Crippen molar-refractivity contribution >= 4 is 39.2 Å². The van der Waals surface area contributed by atoms with Gasteiger partial charge in [0.25, 0.3) is 0 Å². The highest BCUT2D eigenvalue weighted by molar-refractivity contribution is 14.1. The SMILES string of the molecule is CCCc1cc(N)c2cccc(I)c2n1. The first-order valence-corrected chi connectivity index (χ1v) is 6.14. The quantitative estimate of drug-likeness (QED) is 0.864. The van der Waals surface area contributed by atoms with Gasteiger partial charge >= 0.3 is 0 Å². The van der Waals surface area contributed by atoms with Crippen LogP contribution in [-0.4, -0.2) is 4.98 Å². The van der Waals surface area contributed by atoms with Crippen LogP contribution in [0.4, 0.5) is 5.69 Å². The van der Waals surface area contributed by atoms with Gasteiger partial charge in [-0.15, -0.1) is 0 Å². The molecule has 1 aromatic carbocycles. The van der Waals surface area contributed by atoms with Gasteiger partial charge in [-0.2, -0.15) is 0 Å². The zero-order chi connectivity index (χ0) is 10.8. The normalized spacial score (nSPS) is 10.8. The van der Waals surface area contributed by atoms with Crippen LogP contribution in [0.15, 0.2) is 24.3 Å². The fourth-order valence-corrected chi connectivity index (χ4v) is 2.30. The summed E-state index contributed by atoms with van der Waals surface area (Å²) in [6, 6.07) is 8.09. The average Bonchev–Trinajstić information content (AvgIpc) is 2.20. The molecule has 2 aromatic rings. The van der Waals surface area contributed by atoms with Gasteiger partial charge in [0.15, 0.2) is 0 Å². The molecular formula is C12H13IN2. The van der Waals surface area contributed by atoms with Crippen molar-refractivity contribution in [2.45, 2.75) is 19.8 Å². The van der Waals surface area contributed by atoms with E-state index >= 15 is 0 Å². The predicted octanol–water partition coefficient (Wildman–Crippen LogP) is 3.37. The fourth-order valence-electron chi connectivity index (χ4n) is 1.68. The molecule has 2 nitrogen and oxygen atoms in total. The minimum atomic E-state index is 0.835. The van der Waals surface area contributed by atoms with Crippen molar-refractivity contribution in [3.8, 4) is 0 Å². The third kappa shape index (κ3) is 2.07. The first kappa shape index (κ1) is 10.7. The Balaban J connectivity index is 2.68. The van der Waals surface area contributed by atoms with Gasteiger partial charge in [-0.25, -0.2) is 0 Å². The number of nitrogen functional groups attached to an aromatic ring is 1. The molecule has 1 heterocycles. The number of anilines is 1. The van der Waals surface area contributed by atoms with Crippen molar-refractivity contribution in [1.29, 1.82) is 0 Å². The minimum absolute atomic E-state index is 0.835. The van der Waals surface area contributed by atoms with Crippen LogP contribution >= 0.6 is 22.6 Å². The number of nitrogens with zero attached hydrogens (tertiary/aromatic N) is 1. The van der Waals surface area contributed by atoms with Gasteiger partial charge in [0.1, 0.15) is 0 Å². The molecule has 1 aromatic heterocycles. The van der Waals surface area contributed by atoms with E-state index in [0.29, 0.717) is 0 Å². The van der Waals surface area contributed by atoms with Crippen LogP contribution in [0.2, 0.25) is 0 Å². The summed E-state index contributed by atoms with van der Waals surface area (Å²) in [6.45, 7) is 2.15. The predicted molar refractivity (Wildman–Crippen MR) is 72.9 cm³/mol. The number of pyridine rings is 1. The Bertz CT molecular complexity index is 494. The Kier molecular flexibility index (Phi) is 3.09. The van der Waals surface area contributed by atoms with Gasteiger partial charge in [-0.1, -0.05) is 25.5 Å². The van der Waals surface area contributed by atoms with E-state index in [2.05, 4.69) is 40.6 Å². The van der Waals surface area contributed by atoms with Crippen molar-refractivity contribution in [1.82, 2.24) is 4.98 Å². The Morgan fingerprint density at radius 2 is 2.20 bits per heavy atom. The molecule has 0 aliphatic heterocycles. The van der Waals surface area contributed by atoms with Crippen LogP contribution < -0.4 is 5.73 Å². The Morgan fingerprint density at radius 1 is 1.40 bits per heavy atom. The average molecular weight is 312 g/mol.